The number of rotatable bonds is 6. The largest absolute Gasteiger partial charge is 0.393 e. The zero-order chi connectivity index (χ0) is 12.8. The number of anilines is 2. The van der Waals surface area contributed by atoms with Crippen LogP contribution < -0.4 is 16.4 Å². The second kappa shape index (κ2) is 6.41. The van der Waals surface area contributed by atoms with Gasteiger partial charge in [0, 0.05) is 13.6 Å². The number of nitrogens with zero attached hydrogens (tertiary/aromatic N) is 1. The molecule has 0 radical (unpaired) electrons. The fourth-order valence-corrected chi connectivity index (χ4v) is 2.04. The molecule has 0 aliphatic carbocycles. The van der Waals surface area contributed by atoms with Crippen molar-refractivity contribution in [2.45, 2.75) is 25.9 Å². The molecule has 0 saturated carbocycles. The van der Waals surface area contributed by atoms with Crippen LogP contribution in [0, 0.1) is 0 Å². The van der Waals surface area contributed by atoms with E-state index in [0.29, 0.717) is 23.0 Å². The van der Waals surface area contributed by atoms with E-state index >= 15 is 0 Å². The first-order valence-electron chi connectivity index (χ1n) is 5.45. The first-order chi connectivity index (χ1) is 8.04. The molecule has 1 unspecified atom stereocenters. The lowest BCUT2D eigenvalue weighted by atomic mass is 10.2. The summed E-state index contributed by atoms with van der Waals surface area (Å²) in [7, 11) is 1.72. The molecular weight excluding hydrogens is 240 g/mol. The van der Waals surface area contributed by atoms with Gasteiger partial charge in [0.25, 0.3) is 5.91 Å². The number of aliphatic hydroxyl groups is 1. The van der Waals surface area contributed by atoms with E-state index in [-0.39, 0.29) is 17.8 Å². The first kappa shape index (κ1) is 13.7. The summed E-state index contributed by atoms with van der Waals surface area (Å²) in [5.74, 6) is 0.0273. The van der Waals surface area contributed by atoms with E-state index in [4.69, 9.17) is 10.8 Å². The number of aromatic nitrogens is 1. The van der Waals surface area contributed by atoms with Gasteiger partial charge in [-0.05, 0) is 19.8 Å². The molecule has 17 heavy (non-hydrogen) atoms. The standard InChI is InChI=1S/C10H18N4O2S/c1-6(15)4-3-5-13-9(16)7-8(11)14-10(12-2)17-7/h6,15H,3-5,11H2,1-2H3,(H,12,14)(H,13,16). The highest BCUT2D eigenvalue weighted by Crippen LogP contribution is 2.24. The molecule has 1 aromatic rings. The van der Waals surface area contributed by atoms with Gasteiger partial charge in [-0.15, -0.1) is 0 Å². The number of amides is 1. The zero-order valence-electron chi connectivity index (χ0n) is 9.99. The number of aliphatic hydroxyl groups excluding tert-OH is 1. The van der Waals surface area contributed by atoms with Gasteiger partial charge >= 0.3 is 0 Å². The number of carbonyl (C=O) groups excluding carboxylic acids is 1. The Morgan fingerprint density at radius 2 is 2.35 bits per heavy atom. The molecule has 5 N–H and O–H groups in total. The van der Waals surface area contributed by atoms with Gasteiger partial charge in [-0.3, -0.25) is 4.79 Å². The lowest BCUT2D eigenvalue weighted by Gasteiger charge is -2.05. The second-order valence-electron chi connectivity index (χ2n) is 3.73. The molecule has 1 heterocycles. The van der Waals surface area contributed by atoms with Gasteiger partial charge in [0.1, 0.15) is 10.7 Å². The normalized spacial score (nSPS) is 12.2. The van der Waals surface area contributed by atoms with Crippen molar-refractivity contribution in [1.29, 1.82) is 0 Å². The van der Waals surface area contributed by atoms with E-state index in [1.807, 2.05) is 0 Å². The highest BCUT2D eigenvalue weighted by Gasteiger charge is 2.14. The van der Waals surface area contributed by atoms with Gasteiger partial charge in [-0.25, -0.2) is 4.98 Å². The summed E-state index contributed by atoms with van der Waals surface area (Å²) >= 11 is 1.22. The van der Waals surface area contributed by atoms with Gasteiger partial charge in [0.05, 0.1) is 6.10 Å². The van der Waals surface area contributed by atoms with Crippen LogP contribution in [-0.2, 0) is 0 Å². The van der Waals surface area contributed by atoms with Crippen molar-refractivity contribution in [3.8, 4) is 0 Å². The molecule has 1 rings (SSSR count). The molecular formula is C10H18N4O2S. The van der Waals surface area contributed by atoms with Crippen LogP contribution in [0.4, 0.5) is 10.9 Å². The molecule has 7 heteroatoms. The van der Waals surface area contributed by atoms with Crippen molar-refractivity contribution in [3.63, 3.8) is 0 Å². The minimum absolute atomic E-state index is 0.216. The lowest BCUT2D eigenvalue weighted by molar-refractivity contribution is 0.0954. The van der Waals surface area contributed by atoms with Crippen LogP contribution in [0.5, 0.6) is 0 Å². The first-order valence-corrected chi connectivity index (χ1v) is 6.26. The number of hydrogen-bond donors (Lipinski definition) is 4. The summed E-state index contributed by atoms with van der Waals surface area (Å²) in [6.07, 6.45) is 1.07. The summed E-state index contributed by atoms with van der Waals surface area (Å²) in [6, 6.07) is 0. The van der Waals surface area contributed by atoms with E-state index in [1.165, 1.54) is 11.3 Å². The topological polar surface area (TPSA) is 100 Å². The van der Waals surface area contributed by atoms with E-state index in [9.17, 15) is 4.79 Å². The Morgan fingerprint density at radius 3 is 2.88 bits per heavy atom. The average molecular weight is 258 g/mol. The second-order valence-corrected chi connectivity index (χ2v) is 4.73. The minimum atomic E-state index is -0.337. The third-order valence-electron chi connectivity index (χ3n) is 2.16. The number of thiazole rings is 1. The predicted molar refractivity (Wildman–Crippen MR) is 69.3 cm³/mol. The van der Waals surface area contributed by atoms with E-state index < -0.39 is 0 Å². The summed E-state index contributed by atoms with van der Waals surface area (Å²) < 4.78 is 0. The highest BCUT2D eigenvalue weighted by molar-refractivity contribution is 7.18. The number of nitrogens with one attached hydrogen (secondary N) is 2. The molecule has 0 saturated heterocycles. The summed E-state index contributed by atoms with van der Waals surface area (Å²) in [4.78, 5) is 16.1. The Kier molecular flexibility index (Phi) is 5.17. The van der Waals surface area contributed by atoms with Gasteiger partial charge in [0.15, 0.2) is 5.13 Å². The molecule has 0 spiro atoms. The van der Waals surface area contributed by atoms with Gasteiger partial charge in [-0.1, -0.05) is 11.3 Å². The van der Waals surface area contributed by atoms with Crippen LogP contribution in [0.15, 0.2) is 0 Å². The molecule has 0 fully saturated rings. The van der Waals surface area contributed by atoms with Crippen molar-refractivity contribution in [1.82, 2.24) is 10.3 Å². The van der Waals surface area contributed by atoms with Gasteiger partial charge < -0.3 is 21.5 Å². The molecule has 0 aromatic carbocycles. The molecule has 0 aliphatic rings. The monoisotopic (exact) mass is 258 g/mol. The third-order valence-corrected chi connectivity index (χ3v) is 3.25. The predicted octanol–water partition coefficient (Wildman–Crippen LogP) is 0.658. The Labute approximate surface area is 104 Å². The summed E-state index contributed by atoms with van der Waals surface area (Å²) in [5, 5.41) is 15.3. The Hall–Kier alpha value is -1.34. The van der Waals surface area contributed by atoms with Crippen molar-refractivity contribution in [2.24, 2.45) is 0 Å². The van der Waals surface area contributed by atoms with E-state index in [1.54, 1.807) is 14.0 Å². The van der Waals surface area contributed by atoms with Crippen LogP contribution >= 0.6 is 11.3 Å². The Balaban J connectivity index is 2.44. The van der Waals surface area contributed by atoms with Gasteiger partial charge in [-0.2, -0.15) is 0 Å². The average Bonchev–Trinajstić information content (AvgIpc) is 2.65. The van der Waals surface area contributed by atoms with Gasteiger partial charge in [0.2, 0.25) is 0 Å². The van der Waals surface area contributed by atoms with Crippen molar-refractivity contribution in [3.05, 3.63) is 4.88 Å². The fourth-order valence-electron chi connectivity index (χ4n) is 1.28. The SMILES string of the molecule is CNc1nc(N)c(C(=O)NCCCC(C)O)s1. The number of hydrogen-bond acceptors (Lipinski definition) is 6. The summed E-state index contributed by atoms with van der Waals surface area (Å²) in [6.45, 7) is 2.25. The maximum Gasteiger partial charge on any atom is 0.265 e. The van der Waals surface area contributed by atoms with Crippen molar-refractivity contribution in [2.75, 3.05) is 24.6 Å². The molecule has 1 amide bonds. The van der Waals surface area contributed by atoms with Crippen LogP contribution in [0.1, 0.15) is 29.4 Å². The number of nitrogen functional groups attached to an aromatic ring is 1. The molecule has 96 valence electrons. The molecule has 0 bridgehead atoms. The van der Waals surface area contributed by atoms with Crippen LogP contribution in [-0.4, -0.2) is 35.7 Å². The zero-order valence-corrected chi connectivity index (χ0v) is 10.8. The van der Waals surface area contributed by atoms with Crippen molar-refractivity contribution >= 4 is 28.2 Å². The van der Waals surface area contributed by atoms with Crippen molar-refractivity contribution < 1.29 is 9.90 Å². The lowest BCUT2D eigenvalue weighted by Crippen LogP contribution is -2.25. The number of nitrogens with two attached hydrogens (primary N) is 1. The van der Waals surface area contributed by atoms with Crippen LogP contribution in [0.2, 0.25) is 0 Å². The van der Waals surface area contributed by atoms with E-state index in [0.717, 1.165) is 6.42 Å². The Bertz CT molecular complexity index is 378. The van der Waals surface area contributed by atoms with Crippen LogP contribution in [0.3, 0.4) is 0 Å². The molecule has 6 nitrogen and oxygen atoms in total. The van der Waals surface area contributed by atoms with E-state index in [2.05, 4.69) is 15.6 Å². The smallest absolute Gasteiger partial charge is 0.265 e. The quantitative estimate of drug-likeness (QED) is 0.562. The molecule has 1 atom stereocenters. The number of carbonyl (C=O) groups is 1. The summed E-state index contributed by atoms with van der Waals surface area (Å²) in [5.41, 5.74) is 5.63. The molecule has 1 aromatic heterocycles. The van der Waals surface area contributed by atoms with Crippen LogP contribution in [0.25, 0.3) is 0 Å². The third kappa shape index (κ3) is 4.20. The molecule has 0 aliphatic heterocycles. The maximum absolute atomic E-state index is 11.7. The highest BCUT2D eigenvalue weighted by atomic mass is 32.1. The fraction of sp³-hybridized carbons (Fsp3) is 0.600. The Morgan fingerprint density at radius 1 is 1.65 bits per heavy atom. The minimum Gasteiger partial charge on any atom is -0.393 e. The maximum atomic E-state index is 11.7.